The molecule has 7 aromatic rings. The number of aliphatic hydroxyl groups excluding tert-OH is 4. The number of nitrogens with two attached hydrogens (primary N) is 3. The first-order valence-electron chi connectivity index (χ1n) is 25.9. The largest absolute Gasteiger partial charge is 1.00 e. The first-order chi connectivity index (χ1) is 42.1. The summed E-state index contributed by atoms with van der Waals surface area (Å²) in [5.41, 5.74) is 14.6. The second kappa shape index (κ2) is 31.5. The standard InChI is InChI=1S/C43H56N16O27P4.4Na/c1-43(2,3)31(17-7-5-6-8-18(17)59(66)67)77-16-76-30-26(61)20(82-40(30)58-15-55(4)24-35(58)52-42(46)54-37(24)65)10-79-88(70,71)85-90(74,75)86-89(72,73)80-11-21-29(28(63)39(83-21)56-13-49-22-32(44)47-12-48-33(22)56)84-87(68,69)78-9-19-25(60)27(62)38(81-19)57-14-50-23-34(57)51-41(45)53-36(23)64;;;;/h5-8,12-15,19-21,25-31,38-40,60-63H,9-11,16H2,1-4H3,(H11-,44,45,46,47,48,51,52,53,54,64,65,68,69,70,71,72,73,74,75);;;;/q;4*+1/p-4/t19-,20-,21-,25?,26+,27+,28+,29?,30?,31?,38-,39-,40-;;;;/m1..../s1. The van der Waals surface area contributed by atoms with E-state index in [1.54, 1.807) is 26.8 Å². The Morgan fingerprint density at radius 1 is 0.734 bits per heavy atom. The minimum Gasteiger partial charge on any atom is -0.856 e. The van der Waals surface area contributed by atoms with Crippen molar-refractivity contribution < 1.29 is 241 Å². The fourth-order valence-electron chi connectivity index (χ4n) is 10.0. The molecule has 17 atom stereocenters. The molecule has 0 spiro atoms. The molecule has 51 heteroatoms. The average molecular weight is 1440 g/mol. The molecule has 3 aliphatic rings. The Morgan fingerprint density at radius 3 is 1.95 bits per heavy atom. The molecular weight excluding hydrogens is 1390 g/mol. The van der Waals surface area contributed by atoms with E-state index in [0.717, 1.165) is 32.7 Å². The summed E-state index contributed by atoms with van der Waals surface area (Å²) < 4.78 is 114. The van der Waals surface area contributed by atoms with Crippen LogP contribution in [0, 0.1) is 15.5 Å². The molecule has 1 aromatic carbocycles. The Balaban J connectivity index is 0.00000350. The third-order valence-corrected chi connectivity index (χ3v) is 19.0. The second-order valence-electron chi connectivity index (χ2n) is 21.1. The number of phosphoric ester groups is 3. The minimum atomic E-state index is -6.72. The van der Waals surface area contributed by atoms with Crippen LogP contribution in [0.3, 0.4) is 0 Å². The number of nitrogens with zero attached hydrogens (tertiary/aromatic N) is 12. The maximum atomic E-state index is 13.5. The molecule has 43 nitrogen and oxygen atoms in total. The second-order valence-corrected chi connectivity index (χ2v) is 27.0. The number of hydrogen-bond acceptors (Lipinski definition) is 37. The average Bonchev–Trinajstić information content (AvgIpc) is 1.61. The number of H-pyrrole nitrogens is 1. The van der Waals surface area contributed by atoms with E-state index >= 15 is 0 Å². The van der Waals surface area contributed by atoms with Crippen molar-refractivity contribution in [1.82, 2.24) is 53.6 Å². The smallest absolute Gasteiger partial charge is 0.856 e. The van der Waals surface area contributed by atoms with E-state index in [9.17, 15) is 78.3 Å². The number of fused-ring (bicyclic) bond motifs is 3. The van der Waals surface area contributed by atoms with Gasteiger partial charge >= 0.3 is 124 Å². The topological polar surface area (TPSA) is 629 Å². The summed E-state index contributed by atoms with van der Waals surface area (Å²) in [6.45, 7) is 0.396. The molecule has 6 aromatic heterocycles. The number of benzene rings is 1. The molecule has 11 N–H and O–H groups in total. The fourth-order valence-corrected chi connectivity index (χ4v) is 14.3. The molecule has 10 rings (SSSR count). The molecule has 0 aliphatic carbocycles. The number of aryl methyl sites for hydroxylation is 1. The van der Waals surface area contributed by atoms with Crippen LogP contribution >= 0.6 is 31.3 Å². The maximum Gasteiger partial charge on any atom is 1.00 e. The third-order valence-electron chi connectivity index (χ3n) is 13.9. The number of rotatable bonds is 24. The summed E-state index contributed by atoms with van der Waals surface area (Å²) in [6.07, 6.45) is -19.3. The van der Waals surface area contributed by atoms with Crippen molar-refractivity contribution in [2.24, 2.45) is 12.5 Å². The van der Waals surface area contributed by atoms with Gasteiger partial charge in [-0.3, -0.25) is 51.9 Å². The third kappa shape index (κ3) is 17.6. The SMILES string of the molecule is Cn1c[n+]([C@@H]2O[C@H](COP(=O)([O-])OP(=O)([O-])OP(=O)([O-])OC[C@H]3O[C@@H](n4cnc5c(N)ncnc54)[C@@H](O)C3OP(=O)([O-])OC[C@H]3O[C@@H](n4cnc5c(=O)[nH]c(N)nc54)[C@@H](O)C3O)[C@H](O)C2OCOC(c2ccccc2[N+](=O)[O-])C(C)(C)C)c2nc(N)nc([O-])c21.[Na+].[Na+].[Na+].[Na+]. The summed E-state index contributed by atoms with van der Waals surface area (Å²) in [7, 11) is -23.9. The van der Waals surface area contributed by atoms with Crippen molar-refractivity contribution in [1.29, 1.82) is 0 Å². The molecule has 490 valence electrons. The zero-order valence-corrected chi connectivity index (χ0v) is 62.1. The summed E-state index contributed by atoms with van der Waals surface area (Å²) in [5, 5.41) is 69.8. The molecule has 94 heavy (non-hydrogen) atoms. The number of aromatic amines is 1. The van der Waals surface area contributed by atoms with Gasteiger partial charge in [-0.05, 0) is 11.5 Å². The van der Waals surface area contributed by atoms with Crippen LogP contribution in [0.4, 0.5) is 23.4 Å². The van der Waals surface area contributed by atoms with Crippen molar-refractivity contribution in [3.05, 3.63) is 75.6 Å². The van der Waals surface area contributed by atoms with E-state index in [4.69, 9.17) is 54.5 Å². The number of nitrogen functional groups attached to an aromatic ring is 3. The zero-order valence-electron chi connectivity index (χ0n) is 50.5. The minimum absolute atomic E-state index is 0. The maximum absolute atomic E-state index is 13.5. The molecule has 0 saturated carbocycles. The number of para-hydroxylation sites is 1. The van der Waals surface area contributed by atoms with Crippen LogP contribution in [0.5, 0.6) is 5.88 Å². The van der Waals surface area contributed by atoms with Gasteiger partial charge < -0.3 is 104 Å². The number of phosphoric acid groups is 4. The number of nitro groups is 1. The van der Waals surface area contributed by atoms with Gasteiger partial charge in [0.05, 0.1) is 56.1 Å². The van der Waals surface area contributed by atoms with Crippen molar-refractivity contribution >= 4 is 88.2 Å². The predicted molar refractivity (Wildman–Crippen MR) is 282 cm³/mol. The number of hydrogen-bond donors (Lipinski definition) is 8. The normalized spacial score (nSPS) is 26.7. The van der Waals surface area contributed by atoms with E-state index in [1.165, 1.54) is 36.1 Å². The molecular formula is C43H52N16Na4O27P4. The number of anilines is 3. The van der Waals surface area contributed by atoms with E-state index < -0.39 is 165 Å². The summed E-state index contributed by atoms with van der Waals surface area (Å²) >= 11 is 0. The Labute approximate surface area is 615 Å². The van der Waals surface area contributed by atoms with Gasteiger partial charge in [-0.1, -0.05) is 37.9 Å². The van der Waals surface area contributed by atoms with Crippen molar-refractivity contribution in [2.75, 3.05) is 43.8 Å². The van der Waals surface area contributed by atoms with E-state index in [1.807, 2.05) is 0 Å². The number of imidazole rings is 3. The van der Waals surface area contributed by atoms with Crippen LogP contribution in [-0.2, 0) is 75.7 Å². The first kappa shape index (κ1) is 80.4. The van der Waals surface area contributed by atoms with E-state index in [0.29, 0.717) is 0 Å². The molecule has 3 saturated heterocycles. The van der Waals surface area contributed by atoms with Gasteiger partial charge in [-0.2, -0.15) is 4.98 Å². The summed E-state index contributed by atoms with van der Waals surface area (Å²) in [4.78, 5) is 106. The quantitative estimate of drug-likeness (QED) is 0.00695. The van der Waals surface area contributed by atoms with Gasteiger partial charge in [0.25, 0.3) is 48.5 Å². The molecule has 0 bridgehead atoms. The van der Waals surface area contributed by atoms with Crippen molar-refractivity contribution in [2.45, 2.75) is 100 Å². The number of aromatic nitrogens is 12. The van der Waals surface area contributed by atoms with Crippen LogP contribution in [-0.4, -0.2) is 160 Å². The van der Waals surface area contributed by atoms with Crippen LogP contribution < -0.4 is 170 Å². The van der Waals surface area contributed by atoms with Gasteiger partial charge in [0.15, 0.2) is 46.9 Å². The summed E-state index contributed by atoms with van der Waals surface area (Å²) in [6, 6.07) is 5.70. The van der Waals surface area contributed by atoms with Gasteiger partial charge in [0, 0.05) is 11.9 Å². The molecule has 3 fully saturated rings. The zero-order chi connectivity index (χ0) is 65.3. The van der Waals surface area contributed by atoms with Gasteiger partial charge in [0.2, 0.25) is 12.2 Å². The predicted octanol–water partition coefficient (Wildman–Crippen LogP) is -16.4. The Morgan fingerprint density at radius 2 is 1.31 bits per heavy atom. The number of aliphatic hydroxyl groups is 4. The van der Waals surface area contributed by atoms with E-state index in [2.05, 4.69) is 53.0 Å². The molecule has 0 amide bonds. The van der Waals surface area contributed by atoms with Gasteiger partial charge in [0.1, 0.15) is 73.6 Å². The fraction of sp³-hybridized carbons (Fsp3) is 0.512. The van der Waals surface area contributed by atoms with Crippen LogP contribution in [0.1, 0.15) is 51.1 Å². The van der Waals surface area contributed by atoms with Crippen LogP contribution in [0.25, 0.3) is 33.5 Å². The van der Waals surface area contributed by atoms with Crippen LogP contribution in [0.2, 0.25) is 0 Å². The van der Waals surface area contributed by atoms with Crippen LogP contribution in [0.15, 0.2) is 54.4 Å². The molecule has 0 radical (unpaired) electrons. The van der Waals surface area contributed by atoms with Crippen molar-refractivity contribution in [3.63, 3.8) is 0 Å². The van der Waals surface area contributed by atoms with Gasteiger partial charge in [-0.25, -0.2) is 38.1 Å². The Kier molecular flexibility index (Phi) is 27.0. The Bertz CT molecular complexity index is 4140. The molecule has 8 unspecified atom stereocenters. The van der Waals surface area contributed by atoms with Gasteiger partial charge in [-0.15, -0.1) is 0 Å². The molecule has 9 heterocycles. The molecule has 3 aliphatic heterocycles. The number of ether oxygens (including phenoxy) is 5. The Hall–Kier alpha value is -2.57. The summed E-state index contributed by atoms with van der Waals surface area (Å²) in [5.74, 6) is -1.88. The van der Waals surface area contributed by atoms with E-state index in [-0.39, 0.29) is 175 Å². The van der Waals surface area contributed by atoms with Crippen molar-refractivity contribution in [3.8, 4) is 5.88 Å². The number of nitro benzene ring substituents is 1. The first-order valence-corrected chi connectivity index (χ1v) is 31.8. The number of nitrogens with one attached hydrogen (secondary N) is 1. The monoisotopic (exact) mass is 1440 g/mol.